The van der Waals surface area contributed by atoms with Gasteiger partial charge in [0, 0.05) is 7.05 Å². The molecule has 0 aromatic rings. The van der Waals surface area contributed by atoms with Crippen LogP contribution in [0.4, 0.5) is 0 Å². The quantitative estimate of drug-likeness (QED) is 0.169. The van der Waals surface area contributed by atoms with E-state index in [1.165, 1.54) is 6.34 Å². The molecule has 0 unspecified atom stereocenters. The summed E-state index contributed by atoms with van der Waals surface area (Å²) in [6.45, 7) is 0.279. The molecule has 0 bridgehead atoms. The lowest BCUT2D eigenvalue weighted by molar-refractivity contribution is -0.132. The highest BCUT2D eigenvalue weighted by Crippen LogP contribution is 1.47. The summed E-state index contributed by atoms with van der Waals surface area (Å²) in [5, 5.41) is 0. The van der Waals surface area contributed by atoms with E-state index < -0.39 is 0 Å². The fourth-order valence-electron chi connectivity index (χ4n) is 0.111. The maximum atomic E-state index is 9.33. The van der Waals surface area contributed by atoms with Crippen molar-refractivity contribution in [1.82, 2.24) is 5.48 Å². The van der Waals surface area contributed by atoms with Gasteiger partial charge >= 0.3 is 6.47 Å². The number of carbonyl (C=O) groups is 1. The molecule has 0 aromatic heterocycles. The number of nitrogens with one attached hydrogen (secondary N) is 1. The van der Waals surface area contributed by atoms with Crippen LogP contribution in [0.15, 0.2) is 4.99 Å². The predicted molar refractivity (Wildman–Crippen MR) is 24.7 cm³/mol. The predicted octanol–water partition coefficient (Wildman–Crippen LogP) is -0.678. The third kappa shape index (κ3) is 4.94. The maximum absolute atomic E-state index is 9.33. The number of aliphatic imine (C=N–C) groups is 1. The molecular weight excluding hydrogens is 96.0 g/mol. The lowest BCUT2D eigenvalue weighted by Crippen LogP contribution is -2.09. The highest BCUT2D eigenvalue weighted by atomic mass is 16.7. The Bertz CT molecular complexity index is 71.3. The van der Waals surface area contributed by atoms with Gasteiger partial charge in [0.05, 0.1) is 0 Å². The molecule has 0 spiro atoms. The Morgan fingerprint density at radius 3 is 3.00 bits per heavy atom. The zero-order valence-corrected chi connectivity index (χ0v) is 3.92. The van der Waals surface area contributed by atoms with Crippen LogP contribution in [0.25, 0.3) is 0 Å². The molecular formula is C3H6N2O2. The zero-order valence-electron chi connectivity index (χ0n) is 3.92. The molecule has 0 atom stereocenters. The molecule has 0 radical (unpaired) electrons. The van der Waals surface area contributed by atoms with Crippen molar-refractivity contribution in [3.05, 3.63) is 0 Å². The first kappa shape index (κ1) is 5.94. The van der Waals surface area contributed by atoms with Gasteiger partial charge in [0.1, 0.15) is 6.34 Å². The second-order valence-electron chi connectivity index (χ2n) is 0.719. The van der Waals surface area contributed by atoms with Gasteiger partial charge < -0.3 is 4.84 Å². The van der Waals surface area contributed by atoms with Crippen molar-refractivity contribution in [3.8, 4) is 0 Å². The lowest BCUT2D eigenvalue weighted by Gasteiger charge is -1.87. The van der Waals surface area contributed by atoms with E-state index in [4.69, 9.17) is 0 Å². The highest BCUT2D eigenvalue weighted by Gasteiger charge is 1.64. The smallest absolute Gasteiger partial charge is 0.320 e. The number of hydroxylamine groups is 1. The van der Waals surface area contributed by atoms with Gasteiger partial charge in [0.15, 0.2) is 0 Å². The number of nitrogens with zero attached hydrogens (tertiary/aromatic N) is 1. The summed E-state index contributed by atoms with van der Waals surface area (Å²) in [7, 11) is 1.56. The van der Waals surface area contributed by atoms with Gasteiger partial charge in [0.25, 0.3) is 0 Å². The molecule has 40 valence electrons. The van der Waals surface area contributed by atoms with Crippen molar-refractivity contribution in [1.29, 1.82) is 0 Å². The van der Waals surface area contributed by atoms with E-state index in [1.807, 2.05) is 0 Å². The maximum Gasteiger partial charge on any atom is 0.320 e. The van der Waals surface area contributed by atoms with Gasteiger partial charge in [-0.3, -0.25) is 9.79 Å². The van der Waals surface area contributed by atoms with Gasteiger partial charge in [-0.1, -0.05) is 0 Å². The summed E-state index contributed by atoms with van der Waals surface area (Å²) in [6, 6.07) is 0. The standard InChI is InChI=1S/C3H6N2O2/c1-4-2-5-7-3-6/h2-3H,1H3,(H,4,5). The highest BCUT2D eigenvalue weighted by molar-refractivity contribution is 5.54. The molecule has 0 aliphatic rings. The summed E-state index contributed by atoms with van der Waals surface area (Å²) < 4.78 is 0. The van der Waals surface area contributed by atoms with E-state index in [1.54, 1.807) is 7.05 Å². The summed E-state index contributed by atoms with van der Waals surface area (Å²) >= 11 is 0. The monoisotopic (exact) mass is 102 g/mol. The summed E-state index contributed by atoms with van der Waals surface area (Å²) in [5.41, 5.74) is 2.12. The van der Waals surface area contributed by atoms with Crippen LogP contribution in [0.3, 0.4) is 0 Å². The molecule has 0 saturated heterocycles. The van der Waals surface area contributed by atoms with E-state index in [2.05, 4.69) is 15.3 Å². The summed E-state index contributed by atoms with van der Waals surface area (Å²) in [5.74, 6) is 0. The molecule has 4 nitrogen and oxygen atoms in total. The van der Waals surface area contributed by atoms with E-state index in [-0.39, 0.29) is 6.47 Å². The first-order chi connectivity index (χ1) is 3.41. The van der Waals surface area contributed by atoms with Crippen LogP contribution >= 0.6 is 0 Å². The number of carbonyl (C=O) groups excluding carboxylic acids is 1. The molecule has 0 aromatic carbocycles. The van der Waals surface area contributed by atoms with E-state index in [9.17, 15) is 4.79 Å². The number of hydrogen-bond donors (Lipinski definition) is 1. The van der Waals surface area contributed by atoms with E-state index in [0.717, 1.165) is 0 Å². The average molecular weight is 102 g/mol. The first-order valence-corrected chi connectivity index (χ1v) is 1.67. The van der Waals surface area contributed by atoms with Gasteiger partial charge in [-0.15, -0.1) is 0 Å². The first-order valence-electron chi connectivity index (χ1n) is 1.67. The minimum Gasteiger partial charge on any atom is -0.346 e. The Morgan fingerprint density at radius 2 is 2.57 bits per heavy atom. The molecule has 0 amide bonds. The van der Waals surface area contributed by atoms with Crippen LogP contribution in [0.1, 0.15) is 0 Å². The largest absolute Gasteiger partial charge is 0.346 e. The van der Waals surface area contributed by atoms with Crippen LogP contribution in [0.5, 0.6) is 0 Å². The molecule has 4 heteroatoms. The van der Waals surface area contributed by atoms with Gasteiger partial charge in [-0.25, -0.2) is 5.48 Å². The van der Waals surface area contributed by atoms with Crippen molar-refractivity contribution in [2.45, 2.75) is 0 Å². The van der Waals surface area contributed by atoms with Gasteiger partial charge in [-0.05, 0) is 0 Å². The van der Waals surface area contributed by atoms with Crippen molar-refractivity contribution in [2.24, 2.45) is 4.99 Å². The Kier molecular flexibility index (Phi) is 4.19. The Balaban J connectivity index is 2.82. The van der Waals surface area contributed by atoms with Crippen LogP contribution in [0, 0.1) is 0 Å². The molecule has 0 saturated carbocycles. The molecule has 7 heavy (non-hydrogen) atoms. The average Bonchev–Trinajstić information content (AvgIpc) is 1.69. The molecule has 0 aliphatic carbocycles. The fourth-order valence-corrected chi connectivity index (χ4v) is 0.111. The van der Waals surface area contributed by atoms with Crippen molar-refractivity contribution < 1.29 is 9.63 Å². The molecule has 0 fully saturated rings. The fraction of sp³-hybridized carbons (Fsp3) is 0.333. The van der Waals surface area contributed by atoms with E-state index >= 15 is 0 Å². The Hall–Kier alpha value is -1.06. The van der Waals surface area contributed by atoms with Gasteiger partial charge in [0.2, 0.25) is 0 Å². The van der Waals surface area contributed by atoms with Gasteiger partial charge in [-0.2, -0.15) is 0 Å². The normalized spacial score (nSPS) is 8.71. The number of hydrogen-bond acceptors (Lipinski definition) is 3. The topological polar surface area (TPSA) is 50.7 Å². The Labute approximate surface area is 41.1 Å². The summed E-state index contributed by atoms with van der Waals surface area (Å²) in [6.07, 6.45) is 1.26. The number of rotatable bonds is 3. The Morgan fingerprint density at radius 1 is 1.86 bits per heavy atom. The lowest BCUT2D eigenvalue weighted by atomic mass is 11.3. The second kappa shape index (κ2) is 4.94. The summed E-state index contributed by atoms with van der Waals surface area (Å²) in [4.78, 5) is 16.8. The van der Waals surface area contributed by atoms with Crippen LogP contribution in [-0.4, -0.2) is 19.9 Å². The van der Waals surface area contributed by atoms with Crippen LogP contribution in [0.2, 0.25) is 0 Å². The van der Waals surface area contributed by atoms with Crippen molar-refractivity contribution in [3.63, 3.8) is 0 Å². The molecule has 0 heterocycles. The SMILES string of the molecule is CN=CNOC=O. The zero-order chi connectivity index (χ0) is 5.54. The minimum atomic E-state index is 0.279. The molecule has 1 N–H and O–H groups in total. The van der Waals surface area contributed by atoms with Crippen LogP contribution < -0.4 is 5.48 Å². The third-order valence-corrected chi connectivity index (χ3v) is 0.298. The van der Waals surface area contributed by atoms with Crippen molar-refractivity contribution in [2.75, 3.05) is 7.05 Å². The van der Waals surface area contributed by atoms with Crippen molar-refractivity contribution >= 4 is 12.8 Å². The third-order valence-electron chi connectivity index (χ3n) is 0.298. The van der Waals surface area contributed by atoms with E-state index in [0.29, 0.717) is 0 Å². The minimum absolute atomic E-state index is 0.279. The second-order valence-corrected chi connectivity index (χ2v) is 0.719. The molecule has 0 aliphatic heterocycles. The van der Waals surface area contributed by atoms with Crippen LogP contribution in [-0.2, 0) is 9.63 Å². The molecule has 0 rings (SSSR count).